The van der Waals surface area contributed by atoms with E-state index in [2.05, 4.69) is 24.3 Å². The third-order valence-corrected chi connectivity index (χ3v) is 4.03. The van der Waals surface area contributed by atoms with Crippen LogP contribution in [0.3, 0.4) is 0 Å². The van der Waals surface area contributed by atoms with E-state index in [-0.39, 0.29) is 0 Å². The van der Waals surface area contributed by atoms with Crippen LogP contribution in [0.25, 0.3) is 10.8 Å². The predicted octanol–water partition coefficient (Wildman–Crippen LogP) is 4.86. The van der Waals surface area contributed by atoms with Gasteiger partial charge in [-0.3, -0.25) is 0 Å². The molecule has 0 N–H and O–H groups in total. The number of hydrogen-bond acceptors (Lipinski definition) is 2. The fourth-order valence-corrected chi connectivity index (χ4v) is 3.12. The Bertz CT molecular complexity index is 752. The molecular weight excluding hydrogens is 250 g/mol. The molecule has 0 saturated heterocycles. The summed E-state index contributed by atoms with van der Waals surface area (Å²) in [5.74, 6) is 0. The van der Waals surface area contributed by atoms with Gasteiger partial charge in [0.05, 0.1) is 11.6 Å². The summed E-state index contributed by atoms with van der Waals surface area (Å²) >= 11 is 1.70. The van der Waals surface area contributed by atoms with Crippen LogP contribution in [0.2, 0.25) is 0 Å². The lowest BCUT2D eigenvalue weighted by atomic mass is 10.1. The van der Waals surface area contributed by atoms with Gasteiger partial charge in [-0.2, -0.15) is 5.26 Å². The van der Waals surface area contributed by atoms with E-state index in [1.54, 1.807) is 11.8 Å². The Morgan fingerprint density at radius 2 is 1.53 bits per heavy atom. The van der Waals surface area contributed by atoms with Crippen molar-refractivity contribution in [1.82, 2.24) is 0 Å². The highest BCUT2D eigenvalue weighted by atomic mass is 32.2. The predicted molar refractivity (Wildman–Crippen MR) is 79.2 cm³/mol. The molecule has 0 amide bonds. The second-order valence-corrected chi connectivity index (χ2v) is 5.30. The lowest BCUT2D eigenvalue weighted by Crippen LogP contribution is -1.83. The van der Waals surface area contributed by atoms with Crippen LogP contribution >= 0.6 is 11.8 Å². The van der Waals surface area contributed by atoms with Crippen molar-refractivity contribution in [2.24, 2.45) is 0 Å². The number of hydrogen-bond donors (Lipinski definition) is 0. The molecule has 3 aromatic rings. The van der Waals surface area contributed by atoms with Crippen LogP contribution in [-0.4, -0.2) is 0 Å². The molecule has 1 nitrogen and oxygen atoms in total. The molecule has 0 aliphatic rings. The smallest absolute Gasteiger partial charge is 0.0998 e. The minimum Gasteiger partial charge on any atom is -0.192 e. The van der Waals surface area contributed by atoms with Crippen molar-refractivity contribution in [2.45, 2.75) is 9.79 Å². The highest BCUT2D eigenvalue weighted by Crippen LogP contribution is 2.34. The van der Waals surface area contributed by atoms with Crippen LogP contribution in [0.5, 0.6) is 0 Å². The number of rotatable bonds is 2. The molecule has 0 aliphatic heterocycles. The lowest BCUT2D eigenvalue weighted by molar-refractivity contribution is 1.43. The molecule has 0 atom stereocenters. The molecule has 0 aliphatic carbocycles. The number of nitriles is 1. The van der Waals surface area contributed by atoms with Gasteiger partial charge in [-0.25, -0.2) is 0 Å². The molecular formula is C17H11NS. The normalized spacial score (nSPS) is 10.3. The molecule has 0 radical (unpaired) electrons. The fraction of sp³-hybridized carbons (Fsp3) is 0. The molecule has 0 heterocycles. The Balaban J connectivity index is 2.17. The Kier molecular flexibility index (Phi) is 3.22. The molecule has 2 heteroatoms. The van der Waals surface area contributed by atoms with Crippen LogP contribution < -0.4 is 0 Å². The minimum absolute atomic E-state index is 0.733. The highest BCUT2D eigenvalue weighted by molar-refractivity contribution is 7.99. The van der Waals surface area contributed by atoms with Gasteiger partial charge in [0.2, 0.25) is 0 Å². The van der Waals surface area contributed by atoms with Crippen molar-refractivity contribution in [3.63, 3.8) is 0 Å². The van der Waals surface area contributed by atoms with Crippen molar-refractivity contribution >= 4 is 22.5 Å². The van der Waals surface area contributed by atoms with Crippen molar-refractivity contribution in [1.29, 1.82) is 5.26 Å². The highest BCUT2D eigenvalue weighted by Gasteiger charge is 2.07. The van der Waals surface area contributed by atoms with Crippen LogP contribution in [0.15, 0.2) is 76.5 Å². The first-order chi connectivity index (χ1) is 9.38. The molecule has 0 unspecified atom stereocenters. The fourth-order valence-electron chi connectivity index (χ4n) is 2.10. The van der Waals surface area contributed by atoms with Crippen LogP contribution in [0.4, 0.5) is 0 Å². The van der Waals surface area contributed by atoms with Crippen molar-refractivity contribution in [3.05, 3.63) is 72.3 Å². The third kappa shape index (κ3) is 2.33. The van der Waals surface area contributed by atoms with Gasteiger partial charge >= 0.3 is 0 Å². The molecule has 0 saturated carbocycles. The van der Waals surface area contributed by atoms with E-state index in [0.29, 0.717) is 0 Å². The Morgan fingerprint density at radius 3 is 2.26 bits per heavy atom. The number of benzene rings is 3. The van der Waals surface area contributed by atoms with Crippen molar-refractivity contribution in [3.8, 4) is 6.07 Å². The van der Waals surface area contributed by atoms with E-state index < -0.39 is 0 Å². The first kappa shape index (κ1) is 11.8. The Labute approximate surface area is 116 Å². The molecule has 19 heavy (non-hydrogen) atoms. The van der Waals surface area contributed by atoms with E-state index >= 15 is 0 Å². The average Bonchev–Trinajstić information content (AvgIpc) is 2.48. The zero-order valence-electron chi connectivity index (χ0n) is 10.2. The van der Waals surface area contributed by atoms with E-state index in [9.17, 15) is 5.26 Å². The van der Waals surface area contributed by atoms with Gasteiger partial charge in [0.25, 0.3) is 0 Å². The third-order valence-electron chi connectivity index (χ3n) is 2.96. The van der Waals surface area contributed by atoms with E-state index in [4.69, 9.17) is 0 Å². The second-order valence-electron chi connectivity index (χ2n) is 4.19. The maximum absolute atomic E-state index is 9.27. The van der Waals surface area contributed by atoms with Gasteiger partial charge < -0.3 is 0 Å². The first-order valence-corrected chi connectivity index (χ1v) is 6.85. The van der Waals surface area contributed by atoms with Gasteiger partial charge in [-0.15, -0.1) is 0 Å². The molecule has 3 rings (SSSR count). The van der Waals surface area contributed by atoms with Gasteiger partial charge in [-0.05, 0) is 29.7 Å². The maximum atomic E-state index is 9.27. The lowest BCUT2D eigenvalue weighted by Gasteiger charge is -2.07. The zero-order valence-corrected chi connectivity index (χ0v) is 11.0. The van der Waals surface area contributed by atoms with Crippen molar-refractivity contribution < 1.29 is 0 Å². The summed E-state index contributed by atoms with van der Waals surface area (Å²) in [6.45, 7) is 0. The van der Waals surface area contributed by atoms with Gasteiger partial charge in [-0.1, -0.05) is 54.2 Å². The zero-order chi connectivity index (χ0) is 13.1. The summed E-state index contributed by atoms with van der Waals surface area (Å²) in [7, 11) is 0. The van der Waals surface area contributed by atoms with Crippen LogP contribution in [0, 0.1) is 11.3 Å². The molecule has 0 bridgehead atoms. The van der Waals surface area contributed by atoms with Crippen molar-refractivity contribution in [2.75, 3.05) is 0 Å². The molecule has 0 spiro atoms. The van der Waals surface area contributed by atoms with Crippen LogP contribution in [-0.2, 0) is 0 Å². The SMILES string of the molecule is N#Cc1cccc2cccc(Sc3ccccc3)c12. The summed E-state index contributed by atoms with van der Waals surface area (Å²) in [5.41, 5.74) is 0.733. The largest absolute Gasteiger partial charge is 0.192 e. The molecule has 0 aromatic heterocycles. The summed E-state index contributed by atoms with van der Waals surface area (Å²) in [6.07, 6.45) is 0. The standard InChI is InChI=1S/C17H11NS/c18-12-14-8-4-6-13-7-5-11-16(17(13)14)19-15-9-2-1-3-10-15/h1-11H. The average molecular weight is 261 g/mol. The van der Waals surface area contributed by atoms with Gasteiger partial charge in [0.15, 0.2) is 0 Å². The van der Waals surface area contributed by atoms with Crippen LogP contribution in [0.1, 0.15) is 5.56 Å². The maximum Gasteiger partial charge on any atom is 0.0998 e. The molecule has 0 fully saturated rings. The summed E-state index contributed by atoms with van der Waals surface area (Å²) in [6, 6.07) is 24.5. The Morgan fingerprint density at radius 1 is 0.789 bits per heavy atom. The molecule has 90 valence electrons. The van der Waals surface area contributed by atoms with E-state index in [1.165, 1.54) is 4.90 Å². The number of nitrogens with zero attached hydrogens (tertiary/aromatic N) is 1. The Hall–Kier alpha value is -2.24. The second kappa shape index (κ2) is 5.17. The minimum atomic E-state index is 0.733. The topological polar surface area (TPSA) is 23.8 Å². The summed E-state index contributed by atoms with van der Waals surface area (Å²) in [5, 5.41) is 11.4. The first-order valence-electron chi connectivity index (χ1n) is 6.03. The molecule has 3 aromatic carbocycles. The monoisotopic (exact) mass is 261 g/mol. The number of fused-ring (bicyclic) bond motifs is 1. The summed E-state index contributed by atoms with van der Waals surface area (Å²) in [4.78, 5) is 2.31. The van der Waals surface area contributed by atoms with E-state index in [1.807, 2.05) is 48.5 Å². The van der Waals surface area contributed by atoms with Gasteiger partial charge in [0, 0.05) is 15.2 Å². The summed E-state index contributed by atoms with van der Waals surface area (Å²) < 4.78 is 0. The van der Waals surface area contributed by atoms with E-state index in [0.717, 1.165) is 21.2 Å². The van der Waals surface area contributed by atoms with Gasteiger partial charge in [0.1, 0.15) is 0 Å². The quantitative estimate of drug-likeness (QED) is 0.657.